The van der Waals surface area contributed by atoms with E-state index in [1.807, 2.05) is 6.92 Å². The van der Waals surface area contributed by atoms with E-state index in [1.54, 1.807) is 0 Å². The summed E-state index contributed by atoms with van der Waals surface area (Å²) in [6.45, 7) is 10.1. The van der Waals surface area contributed by atoms with Gasteiger partial charge in [0.1, 0.15) is 0 Å². The maximum Gasteiger partial charge on any atom is 0.215 e. The van der Waals surface area contributed by atoms with E-state index in [-0.39, 0.29) is 0 Å². The molecule has 0 saturated carbocycles. The van der Waals surface area contributed by atoms with Gasteiger partial charge in [-0.25, -0.2) is 4.98 Å². The van der Waals surface area contributed by atoms with Crippen molar-refractivity contribution in [2.75, 3.05) is 38.2 Å². The lowest BCUT2D eigenvalue weighted by Gasteiger charge is -2.24. The predicted octanol–water partition coefficient (Wildman–Crippen LogP) is 3.78. The zero-order valence-corrected chi connectivity index (χ0v) is 14.9. The Kier molecular flexibility index (Phi) is 6.51. The molecule has 0 unspecified atom stereocenters. The number of rotatable bonds is 8. The van der Waals surface area contributed by atoms with Gasteiger partial charge in [0.25, 0.3) is 0 Å². The number of aryl methyl sites for hydroxylation is 1. The zero-order valence-electron chi connectivity index (χ0n) is 14.9. The first kappa shape index (κ1) is 17.4. The van der Waals surface area contributed by atoms with E-state index in [9.17, 15) is 0 Å². The molecule has 2 heterocycles. The van der Waals surface area contributed by atoms with E-state index < -0.39 is 0 Å². The Labute approximate surface area is 140 Å². The number of likely N-dealkylation sites (N-methyl/N-ethyl adjacent to an activating group) is 1. The van der Waals surface area contributed by atoms with Crippen LogP contribution in [0, 0.1) is 6.92 Å². The maximum atomic E-state index is 5.92. The first-order valence-corrected chi connectivity index (χ1v) is 8.57. The molecule has 1 aromatic heterocycles. The fourth-order valence-corrected chi connectivity index (χ4v) is 2.79. The van der Waals surface area contributed by atoms with Crippen molar-refractivity contribution < 1.29 is 4.74 Å². The van der Waals surface area contributed by atoms with Gasteiger partial charge in [0.05, 0.1) is 6.61 Å². The highest BCUT2D eigenvalue weighted by molar-refractivity contribution is 5.49. The molecule has 0 N–H and O–H groups in total. The molecule has 4 heteroatoms. The van der Waals surface area contributed by atoms with Gasteiger partial charge >= 0.3 is 0 Å². The minimum Gasteiger partial charge on any atom is -0.477 e. The molecular formula is C19H29N3O. The third kappa shape index (κ3) is 5.02. The third-order valence-corrected chi connectivity index (χ3v) is 4.06. The van der Waals surface area contributed by atoms with Gasteiger partial charge in [0, 0.05) is 56.2 Å². The lowest BCUT2D eigenvalue weighted by molar-refractivity contribution is 0.291. The smallest absolute Gasteiger partial charge is 0.215 e. The minimum absolute atomic E-state index is 0.653. The highest BCUT2D eigenvalue weighted by Crippen LogP contribution is 2.22. The van der Waals surface area contributed by atoms with Crippen molar-refractivity contribution in [3.63, 3.8) is 0 Å². The van der Waals surface area contributed by atoms with E-state index in [4.69, 9.17) is 4.74 Å². The molecule has 0 saturated heterocycles. The van der Waals surface area contributed by atoms with Crippen molar-refractivity contribution in [1.82, 2.24) is 9.88 Å². The molecule has 0 fully saturated rings. The topological polar surface area (TPSA) is 28.6 Å². The Morgan fingerprint density at radius 3 is 2.83 bits per heavy atom. The van der Waals surface area contributed by atoms with Crippen LogP contribution in [0.2, 0.25) is 0 Å². The normalized spacial score (nSPS) is 13.9. The summed E-state index contributed by atoms with van der Waals surface area (Å²) in [4.78, 5) is 9.13. The van der Waals surface area contributed by atoms with E-state index in [2.05, 4.69) is 66.0 Å². The summed E-state index contributed by atoms with van der Waals surface area (Å²) >= 11 is 0. The Bertz CT molecular complexity index is 566. The molecule has 0 amide bonds. The number of ether oxygens (including phenoxy) is 1. The van der Waals surface area contributed by atoms with Gasteiger partial charge in [-0.3, -0.25) is 0 Å². The molecule has 0 aliphatic carbocycles. The van der Waals surface area contributed by atoms with Gasteiger partial charge in [-0.05, 0) is 32.4 Å². The van der Waals surface area contributed by atoms with Crippen molar-refractivity contribution >= 4 is 5.69 Å². The Morgan fingerprint density at radius 2 is 2.13 bits per heavy atom. The third-order valence-electron chi connectivity index (χ3n) is 4.06. The lowest BCUT2D eigenvalue weighted by atomic mass is 10.2. The quantitative estimate of drug-likeness (QED) is 0.730. The van der Waals surface area contributed by atoms with Crippen molar-refractivity contribution in [3.05, 3.63) is 41.8 Å². The van der Waals surface area contributed by atoms with Crippen LogP contribution in [0.1, 0.15) is 32.4 Å². The average molecular weight is 315 g/mol. The number of hydrogen-bond donors (Lipinski definition) is 0. The second-order valence-electron chi connectivity index (χ2n) is 5.95. The molecular weight excluding hydrogens is 286 g/mol. The Balaban J connectivity index is 1.98. The molecule has 1 aliphatic heterocycles. The molecule has 0 spiro atoms. The van der Waals surface area contributed by atoms with Crippen LogP contribution < -0.4 is 9.64 Å². The summed E-state index contributed by atoms with van der Waals surface area (Å²) < 4.78 is 5.92. The number of hydrogen-bond acceptors (Lipinski definition) is 4. The van der Waals surface area contributed by atoms with Crippen LogP contribution in [0.25, 0.3) is 0 Å². The second-order valence-corrected chi connectivity index (χ2v) is 5.95. The van der Waals surface area contributed by atoms with Gasteiger partial charge in [-0.15, -0.1) is 0 Å². The second kappa shape index (κ2) is 8.61. The van der Waals surface area contributed by atoms with E-state index in [1.165, 1.54) is 11.4 Å². The van der Waals surface area contributed by atoms with Gasteiger partial charge in [-0.2, -0.15) is 0 Å². The van der Waals surface area contributed by atoms with Crippen LogP contribution >= 0.6 is 0 Å². The standard InChI is InChI=1S/C19H29N3O/c1-5-11-22(6-2)18-14-16(3)20-19(15-18)23-13-10-17-9-7-8-12-21(17)4/h7-9,14-15H,5-6,10-13H2,1-4H3. The molecule has 4 nitrogen and oxygen atoms in total. The molecule has 126 valence electrons. The number of pyridine rings is 1. The Morgan fingerprint density at radius 1 is 1.30 bits per heavy atom. The van der Waals surface area contributed by atoms with E-state index >= 15 is 0 Å². The Hall–Kier alpha value is -1.97. The van der Waals surface area contributed by atoms with Gasteiger partial charge < -0.3 is 14.5 Å². The molecule has 0 radical (unpaired) electrons. The largest absolute Gasteiger partial charge is 0.477 e. The lowest BCUT2D eigenvalue weighted by Crippen LogP contribution is -2.23. The zero-order chi connectivity index (χ0) is 16.7. The monoisotopic (exact) mass is 315 g/mol. The van der Waals surface area contributed by atoms with Crippen LogP contribution in [0.5, 0.6) is 5.88 Å². The van der Waals surface area contributed by atoms with Crippen LogP contribution in [0.3, 0.4) is 0 Å². The predicted molar refractivity (Wildman–Crippen MR) is 97.1 cm³/mol. The van der Waals surface area contributed by atoms with Crippen molar-refractivity contribution in [2.45, 2.75) is 33.6 Å². The average Bonchev–Trinajstić information content (AvgIpc) is 2.54. The summed E-state index contributed by atoms with van der Waals surface area (Å²) in [5, 5.41) is 0. The molecule has 1 aromatic rings. The number of aromatic nitrogens is 1. The summed E-state index contributed by atoms with van der Waals surface area (Å²) in [5.74, 6) is 0.726. The van der Waals surface area contributed by atoms with Crippen molar-refractivity contribution in [1.29, 1.82) is 0 Å². The summed E-state index contributed by atoms with van der Waals surface area (Å²) in [5.41, 5.74) is 3.51. The molecule has 2 rings (SSSR count). The first-order chi connectivity index (χ1) is 11.1. The van der Waals surface area contributed by atoms with Crippen LogP contribution in [0.15, 0.2) is 36.1 Å². The molecule has 0 bridgehead atoms. The van der Waals surface area contributed by atoms with Gasteiger partial charge in [0.15, 0.2) is 0 Å². The molecule has 1 aliphatic rings. The van der Waals surface area contributed by atoms with Crippen LogP contribution in [-0.2, 0) is 0 Å². The fourth-order valence-electron chi connectivity index (χ4n) is 2.79. The van der Waals surface area contributed by atoms with E-state index in [0.717, 1.165) is 44.0 Å². The molecule has 0 atom stereocenters. The molecule has 0 aromatic carbocycles. The van der Waals surface area contributed by atoms with Crippen LogP contribution in [0.4, 0.5) is 5.69 Å². The first-order valence-electron chi connectivity index (χ1n) is 8.57. The molecule has 23 heavy (non-hydrogen) atoms. The van der Waals surface area contributed by atoms with Crippen molar-refractivity contribution in [3.8, 4) is 5.88 Å². The van der Waals surface area contributed by atoms with E-state index in [0.29, 0.717) is 6.61 Å². The summed E-state index contributed by atoms with van der Waals surface area (Å²) in [7, 11) is 2.11. The van der Waals surface area contributed by atoms with Gasteiger partial charge in [0.2, 0.25) is 5.88 Å². The maximum absolute atomic E-state index is 5.92. The van der Waals surface area contributed by atoms with Crippen molar-refractivity contribution in [2.24, 2.45) is 0 Å². The van der Waals surface area contributed by atoms with Gasteiger partial charge in [-0.1, -0.05) is 19.1 Å². The summed E-state index contributed by atoms with van der Waals surface area (Å²) in [6, 6.07) is 4.19. The summed E-state index contributed by atoms with van der Waals surface area (Å²) in [6.07, 6.45) is 8.47. The highest BCUT2D eigenvalue weighted by atomic mass is 16.5. The SMILES string of the molecule is CCCN(CC)c1cc(C)nc(OCCC2=CC=CCN2C)c1. The fraction of sp³-hybridized carbons (Fsp3) is 0.526. The number of anilines is 1. The minimum atomic E-state index is 0.653. The van der Waals surface area contributed by atoms with Crippen LogP contribution in [-0.4, -0.2) is 43.2 Å². The number of nitrogens with zero attached hydrogens (tertiary/aromatic N) is 3. The highest BCUT2D eigenvalue weighted by Gasteiger charge is 2.09. The number of allylic oxidation sites excluding steroid dienone is 2.